The van der Waals surface area contributed by atoms with E-state index >= 15 is 0 Å². The van der Waals surface area contributed by atoms with Crippen LogP contribution < -0.4 is 5.32 Å². The number of amides is 1. The van der Waals surface area contributed by atoms with Crippen LogP contribution >= 0.6 is 0 Å². The molecular formula is C19H25F6N3O. The van der Waals surface area contributed by atoms with Gasteiger partial charge in [0.1, 0.15) is 0 Å². The number of hydrogen-bond donors (Lipinski definition) is 1. The molecule has 1 fully saturated rings. The third kappa shape index (κ3) is 7.18. The first-order valence-electron chi connectivity index (χ1n) is 9.18. The van der Waals surface area contributed by atoms with Crippen LogP contribution in [-0.4, -0.2) is 54.6 Å². The maximum atomic E-state index is 13.4. The van der Waals surface area contributed by atoms with Gasteiger partial charge in [-0.05, 0) is 23.1 Å². The number of piperazine rings is 1. The lowest BCUT2D eigenvalue weighted by Crippen LogP contribution is -2.48. The molecule has 0 radical (unpaired) electrons. The van der Waals surface area contributed by atoms with Crippen molar-refractivity contribution < 1.29 is 31.1 Å². The number of nitrogens with one attached hydrogen (secondary N) is 1. The zero-order valence-electron chi connectivity index (χ0n) is 16.5. The van der Waals surface area contributed by atoms with E-state index in [9.17, 15) is 31.1 Å². The van der Waals surface area contributed by atoms with Gasteiger partial charge in [-0.1, -0.05) is 26.8 Å². The van der Waals surface area contributed by atoms with Gasteiger partial charge in [0.25, 0.3) is 0 Å². The molecule has 0 atom stereocenters. The second-order valence-corrected chi connectivity index (χ2v) is 8.43. The summed E-state index contributed by atoms with van der Waals surface area (Å²) >= 11 is 0. The van der Waals surface area contributed by atoms with E-state index in [1.165, 1.54) is 5.32 Å². The topological polar surface area (TPSA) is 35.6 Å². The van der Waals surface area contributed by atoms with Crippen LogP contribution in [0.1, 0.15) is 31.9 Å². The number of rotatable bonds is 4. The van der Waals surface area contributed by atoms with Crippen molar-refractivity contribution >= 4 is 11.6 Å². The Labute approximate surface area is 165 Å². The summed E-state index contributed by atoms with van der Waals surface area (Å²) in [5.74, 6) is -2.31. The number of carbonyl (C=O) groups excluding carboxylic acids is 1. The first-order valence-corrected chi connectivity index (χ1v) is 9.18. The fourth-order valence-corrected chi connectivity index (χ4v) is 3.28. The molecule has 1 heterocycles. The summed E-state index contributed by atoms with van der Waals surface area (Å²) in [6, 6.07) is 2.73. The monoisotopic (exact) mass is 425 g/mol. The Morgan fingerprint density at radius 3 is 2.00 bits per heavy atom. The van der Waals surface area contributed by atoms with Gasteiger partial charge in [-0.3, -0.25) is 9.69 Å². The van der Waals surface area contributed by atoms with Gasteiger partial charge in [-0.2, -0.15) is 26.3 Å². The first kappa shape index (κ1) is 23.5. The third-order valence-corrected chi connectivity index (χ3v) is 4.49. The van der Waals surface area contributed by atoms with Gasteiger partial charge < -0.3 is 10.2 Å². The molecule has 1 saturated heterocycles. The molecule has 0 spiro atoms. The average Bonchev–Trinajstić information content (AvgIpc) is 2.55. The highest BCUT2D eigenvalue weighted by molar-refractivity contribution is 5.95. The van der Waals surface area contributed by atoms with Crippen molar-refractivity contribution in [1.82, 2.24) is 9.80 Å². The number of nitrogens with zero attached hydrogens (tertiary/aromatic N) is 2. The Morgan fingerprint density at radius 1 is 0.966 bits per heavy atom. The van der Waals surface area contributed by atoms with Crippen LogP contribution in [0.25, 0.3) is 0 Å². The standard InChI is InChI=1S/C19H25F6N3O/c1-17(2,3)12-28-8-6-27(7-9-28)11-13-4-5-14(10-15(13)18(20,21)22)26-16(29)19(23,24)25/h4-5,10H,6-9,11-12H2,1-3H3,(H,26,29). The zero-order chi connectivity index (χ0) is 22.0. The number of alkyl halides is 6. The molecule has 1 amide bonds. The number of anilines is 1. The van der Waals surface area contributed by atoms with Crippen molar-refractivity contribution in [2.75, 3.05) is 38.0 Å². The minimum Gasteiger partial charge on any atom is -0.318 e. The highest BCUT2D eigenvalue weighted by atomic mass is 19.4. The minimum atomic E-state index is -5.18. The molecule has 0 saturated carbocycles. The fourth-order valence-electron chi connectivity index (χ4n) is 3.28. The van der Waals surface area contributed by atoms with Gasteiger partial charge in [-0.15, -0.1) is 0 Å². The summed E-state index contributed by atoms with van der Waals surface area (Å²) in [7, 11) is 0. The van der Waals surface area contributed by atoms with Gasteiger partial charge >= 0.3 is 18.3 Å². The second-order valence-electron chi connectivity index (χ2n) is 8.43. The van der Waals surface area contributed by atoms with Crippen molar-refractivity contribution in [1.29, 1.82) is 0 Å². The van der Waals surface area contributed by atoms with E-state index in [1.54, 1.807) is 0 Å². The molecule has 4 nitrogen and oxygen atoms in total. The molecule has 1 aromatic rings. The van der Waals surface area contributed by atoms with Gasteiger partial charge in [0.05, 0.1) is 5.56 Å². The van der Waals surface area contributed by atoms with Crippen LogP contribution in [0.2, 0.25) is 0 Å². The average molecular weight is 425 g/mol. The van der Waals surface area contributed by atoms with Crippen molar-refractivity contribution in [3.63, 3.8) is 0 Å². The van der Waals surface area contributed by atoms with E-state index in [0.29, 0.717) is 19.2 Å². The first-order chi connectivity index (χ1) is 13.1. The van der Waals surface area contributed by atoms with Crippen molar-refractivity contribution in [2.24, 2.45) is 5.41 Å². The molecule has 1 aliphatic heterocycles. The van der Waals surface area contributed by atoms with Gasteiger partial charge in [0.15, 0.2) is 0 Å². The Kier molecular flexibility index (Phi) is 6.89. The summed E-state index contributed by atoms with van der Waals surface area (Å²) in [5, 5.41) is 1.47. The number of carbonyl (C=O) groups is 1. The number of hydrogen-bond acceptors (Lipinski definition) is 3. The summed E-state index contributed by atoms with van der Waals surface area (Å²) in [6.07, 6.45) is -9.92. The highest BCUT2D eigenvalue weighted by Gasteiger charge is 2.39. The Hall–Kier alpha value is -1.81. The molecule has 0 bridgehead atoms. The molecule has 2 rings (SSSR count). The van der Waals surface area contributed by atoms with E-state index in [1.807, 2.05) is 4.90 Å². The summed E-state index contributed by atoms with van der Waals surface area (Å²) in [4.78, 5) is 15.1. The van der Waals surface area contributed by atoms with Gasteiger partial charge in [0, 0.05) is 45.0 Å². The lowest BCUT2D eigenvalue weighted by molar-refractivity contribution is -0.167. The molecule has 1 aliphatic rings. The summed E-state index contributed by atoms with van der Waals surface area (Å²) < 4.78 is 77.4. The van der Waals surface area contributed by atoms with E-state index in [-0.39, 0.29) is 17.5 Å². The molecule has 1 aromatic carbocycles. The molecule has 0 aliphatic carbocycles. The maximum Gasteiger partial charge on any atom is 0.471 e. The zero-order valence-corrected chi connectivity index (χ0v) is 16.5. The van der Waals surface area contributed by atoms with Crippen molar-refractivity contribution in [3.05, 3.63) is 29.3 Å². The SMILES string of the molecule is CC(C)(C)CN1CCN(Cc2ccc(NC(=O)C(F)(F)F)cc2C(F)(F)F)CC1. The largest absolute Gasteiger partial charge is 0.471 e. The van der Waals surface area contributed by atoms with Crippen LogP contribution in [0.5, 0.6) is 0 Å². The lowest BCUT2D eigenvalue weighted by Gasteiger charge is -2.38. The molecule has 0 unspecified atom stereocenters. The normalized spacial score (nSPS) is 17.4. The van der Waals surface area contributed by atoms with E-state index in [4.69, 9.17) is 0 Å². The van der Waals surface area contributed by atoms with Gasteiger partial charge in [0.2, 0.25) is 0 Å². The summed E-state index contributed by atoms with van der Waals surface area (Å²) in [6.45, 7) is 9.95. The van der Waals surface area contributed by atoms with Gasteiger partial charge in [-0.25, -0.2) is 0 Å². The number of halogens is 6. The minimum absolute atomic E-state index is 0.0334. The van der Waals surface area contributed by atoms with Crippen molar-refractivity contribution in [3.8, 4) is 0 Å². The van der Waals surface area contributed by atoms with Crippen LogP contribution in [-0.2, 0) is 17.5 Å². The van der Waals surface area contributed by atoms with Crippen LogP contribution in [0, 0.1) is 5.41 Å². The fraction of sp³-hybridized carbons (Fsp3) is 0.632. The Morgan fingerprint density at radius 2 is 1.52 bits per heavy atom. The molecule has 1 N–H and O–H groups in total. The predicted octanol–water partition coefficient (Wildman–Crippen LogP) is 4.37. The van der Waals surface area contributed by atoms with Crippen LogP contribution in [0.15, 0.2) is 18.2 Å². The molecule has 164 valence electrons. The van der Waals surface area contributed by atoms with E-state index in [0.717, 1.165) is 31.8 Å². The van der Waals surface area contributed by atoms with Crippen LogP contribution in [0.4, 0.5) is 32.0 Å². The van der Waals surface area contributed by atoms with Crippen molar-refractivity contribution in [2.45, 2.75) is 39.7 Å². The molecule has 29 heavy (non-hydrogen) atoms. The quantitative estimate of drug-likeness (QED) is 0.728. The third-order valence-electron chi connectivity index (χ3n) is 4.49. The Bertz CT molecular complexity index is 716. The lowest BCUT2D eigenvalue weighted by atomic mass is 9.95. The second kappa shape index (κ2) is 8.51. The predicted molar refractivity (Wildman–Crippen MR) is 97.3 cm³/mol. The smallest absolute Gasteiger partial charge is 0.318 e. The van der Waals surface area contributed by atoms with Crippen LogP contribution in [0.3, 0.4) is 0 Å². The van der Waals surface area contributed by atoms with E-state index in [2.05, 4.69) is 25.7 Å². The molecule has 10 heteroatoms. The van der Waals surface area contributed by atoms with E-state index < -0.39 is 29.5 Å². The highest BCUT2D eigenvalue weighted by Crippen LogP contribution is 2.35. The molecular weight excluding hydrogens is 400 g/mol. The number of benzene rings is 1. The Balaban J connectivity index is 2.10. The molecule has 0 aromatic heterocycles. The maximum absolute atomic E-state index is 13.4. The summed E-state index contributed by atoms with van der Waals surface area (Å²) in [5.41, 5.74) is -1.50.